The van der Waals surface area contributed by atoms with Gasteiger partial charge in [0.15, 0.2) is 0 Å². The van der Waals surface area contributed by atoms with Gasteiger partial charge >= 0.3 is 11.7 Å². The first-order valence-corrected chi connectivity index (χ1v) is 8.99. The van der Waals surface area contributed by atoms with Gasteiger partial charge in [-0.05, 0) is 46.8 Å². The summed E-state index contributed by atoms with van der Waals surface area (Å²) in [5.41, 5.74) is -0.503. The zero-order valence-corrected chi connectivity index (χ0v) is 16.9. The molecule has 0 bridgehead atoms. The molecule has 1 aromatic carbocycles. The van der Waals surface area contributed by atoms with E-state index in [0.29, 0.717) is 28.8 Å². The number of nitrogens with zero attached hydrogens (tertiary/aromatic N) is 3. The van der Waals surface area contributed by atoms with Crippen molar-refractivity contribution >= 4 is 34.9 Å². The lowest BCUT2D eigenvalue weighted by Crippen LogP contribution is -2.41. The molecule has 1 aromatic heterocycles. The topological polar surface area (TPSA) is 78.2 Å². The number of nitrogens with one attached hydrogen (secondary N) is 1. The van der Waals surface area contributed by atoms with Crippen LogP contribution in [0.1, 0.15) is 33.5 Å². The number of ether oxygens (including phenoxy) is 1. The minimum absolute atomic E-state index is 0.271. The first-order valence-electron chi connectivity index (χ1n) is 8.23. The lowest BCUT2D eigenvalue weighted by molar-refractivity contribution is -0.147. The first kappa shape index (κ1) is 20.3. The van der Waals surface area contributed by atoms with Crippen LogP contribution in [0.4, 0.5) is 5.69 Å². The molecule has 0 saturated carbocycles. The predicted octanol–water partition coefficient (Wildman–Crippen LogP) is 3.42. The van der Waals surface area contributed by atoms with Gasteiger partial charge in [0.05, 0.1) is 28.0 Å². The van der Waals surface area contributed by atoms with Gasteiger partial charge in [0.1, 0.15) is 11.4 Å². The Morgan fingerprint density at radius 2 is 1.92 bits per heavy atom. The third-order valence-corrected chi connectivity index (χ3v) is 4.48. The highest BCUT2D eigenvalue weighted by atomic mass is 35.5. The summed E-state index contributed by atoms with van der Waals surface area (Å²) in [6.45, 7) is 9.46. The van der Waals surface area contributed by atoms with E-state index in [0.717, 1.165) is 0 Å². The number of rotatable bonds is 6. The van der Waals surface area contributed by atoms with E-state index in [1.54, 1.807) is 33.8 Å². The fourth-order valence-electron chi connectivity index (χ4n) is 2.51. The van der Waals surface area contributed by atoms with Crippen LogP contribution in [-0.4, -0.2) is 32.5 Å². The van der Waals surface area contributed by atoms with Crippen molar-refractivity contribution in [1.82, 2.24) is 14.3 Å². The fraction of sp³-hybridized carbons (Fsp3) is 0.471. The standard InChI is InChI=1S/C17H22Cl2N4O3/c1-6-22-10(3)21-23(16(22)25)14-9-13(11(18)8-12(14)19)20-17(4,5)15(24)26-7-2/h8-9,20H,6-7H2,1-5H3. The number of anilines is 1. The van der Waals surface area contributed by atoms with Gasteiger partial charge in [-0.3, -0.25) is 4.57 Å². The monoisotopic (exact) mass is 400 g/mol. The molecule has 9 heteroatoms. The summed E-state index contributed by atoms with van der Waals surface area (Å²) >= 11 is 12.6. The third-order valence-electron chi connectivity index (χ3n) is 3.86. The van der Waals surface area contributed by atoms with Crippen molar-refractivity contribution in [2.45, 2.75) is 46.7 Å². The minimum Gasteiger partial charge on any atom is -0.464 e. The Balaban J connectivity index is 2.51. The first-order chi connectivity index (χ1) is 12.1. The van der Waals surface area contributed by atoms with E-state index >= 15 is 0 Å². The maximum atomic E-state index is 12.5. The van der Waals surface area contributed by atoms with Crippen LogP contribution in [0.5, 0.6) is 0 Å². The second kappa shape index (κ2) is 7.72. The van der Waals surface area contributed by atoms with Crippen LogP contribution in [0.2, 0.25) is 10.0 Å². The maximum absolute atomic E-state index is 12.5. The summed E-state index contributed by atoms with van der Waals surface area (Å²) in [6.07, 6.45) is 0. The largest absolute Gasteiger partial charge is 0.464 e. The van der Waals surface area contributed by atoms with Gasteiger partial charge in [0, 0.05) is 6.54 Å². The molecule has 26 heavy (non-hydrogen) atoms. The second-order valence-electron chi connectivity index (χ2n) is 6.24. The molecule has 0 aliphatic heterocycles. The van der Waals surface area contributed by atoms with Crippen LogP contribution in [-0.2, 0) is 16.1 Å². The Kier molecular flexibility index (Phi) is 6.03. The van der Waals surface area contributed by atoms with Crippen molar-refractivity contribution in [3.63, 3.8) is 0 Å². The molecule has 0 spiro atoms. The molecule has 0 aliphatic rings. The van der Waals surface area contributed by atoms with E-state index in [2.05, 4.69) is 10.4 Å². The van der Waals surface area contributed by atoms with Crippen molar-refractivity contribution in [3.8, 4) is 5.69 Å². The van der Waals surface area contributed by atoms with E-state index in [-0.39, 0.29) is 17.3 Å². The normalized spacial score (nSPS) is 11.5. The van der Waals surface area contributed by atoms with Crippen molar-refractivity contribution in [2.24, 2.45) is 0 Å². The van der Waals surface area contributed by atoms with Crippen LogP contribution in [0.25, 0.3) is 5.69 Å². The van der Waals surface area contributed by atoms with E-state index in [4.69, 9.17) is 27.9 Å². The number of benzene rings is 1. The summed E-state index contributed by atoms with van der Waals surface area (Å²) in [4.78, 5) is 24.6. The number of carbonyl (C=O) groups excluding carboxylic acids is 1. The predicted molar refractivity (Wildman–Crippen MR) is 103 cm³/mol. The van der Waals surface area contributed by atoms with Crippen molar-refractivity contribution < 1.29 is 9.53 Å². The van der Waals surface area contributed by atoms with Crippen LogP contribution in [0.15, 0.2) is 16.9 Å². The number of carbonyl (C=O) groups is 1. The smallest absolute Gasteiger partial charge is 0.350 e. The van der Waals surface area contributed by atoms with E-state index in [9.17, 15) is 9.59 Å². The Bertz CT molecular complexity index is 887. The molecule has 1 N–H and O–H groups in total. The van der Waals surface area contributed by atoms with E-state index < -0.39 is 11.5 Å². The van der Waals surface area contributed by atoms with Crippen molar-refractivity contribution in [2.75, 3.05) is 11.9 Å². The van der Waals surface area contributed by atoms with E-state index in [1.807, 2.05) is 6.92 Å². The highest BCUT2D eigenvalue weighted by molar-refractivity contribution is 6.37. The van der Waals surface area contributed by atoms with Crippen LogP contribution in [0, 0.1) is 6.92 Å². The minimum atomic E-state index is -1.02. The molecule has 7 nitrogen and oxygen atoms in total. The molecule has 0 atom stereocenters. The van der Waals surface area contributed by atoms with Crippen molar-refractivity contribution in [3.05, 3.63) is 38.5 Å². The average Bonchev–Trinajstić information content (AvgIpc) is 2.84. The quantitative estimate of drug-likeness (QED) is 0.751. The summed E-state index contributed by atoms with van der Waals surface area (Å²) in [5, 5.41) is 7.90. The molecular weight excluding hydrogens is 379 g/mol. The Labute approximate surface area is 161 Å². The number of halogens is 2. The van der Waals surface area contributed by atoms with Gasteiger partial charge in [-0.2, -0.15) is 9.78 Å². The highest BCUT2D eigenvalue weighted by Crippen LogP contribution is 2.32. The summed E-state index contributed by atoms with van der Waals surface area (Å²) in [6, 6.07) is 3.11. The van der Waals surface area contributed by atoms with Crippen LogP contribution in [0.3, 0.4) is 0 Å². The molecule has 1 heterocycles. The SMILES string of the molecule is CCOC(=O)C(C)(C)Nc1cc(-n2nc(C)n(CC)c2=O)c(Cl)cc1Cl. The van der Waals surface area contributed by atoms with Gasteiger partial charge < -0.3 is 10.1 Å². The Morgan fingerprint density at radius 1 is 1.27 bits per heavy atom. The molecule has 0 aliphatic carbocycles. The highest BCUT2D eigenvalue weighted by Gasteiger charge is 2.30. The Morgan fingerprint density at radius 3 is 2.46 bits per heavy atom. The average molecular weight is 401 g/mol. The summed E-state index contributed by atoms with van der Waals surface area (Å²) < 4.78 is 7.82. The van der Waals surface area contributed by atoms with Gasteiger partial charge in [0.25, 0.3) is 0 Å². The maximum Gasteiger partial charge on any atom is 0.350 e. The summed E-state index contributed by atoms with van der Waals surface area (Å²) in [5.74, 6) is 0.153. The molecule has 0 saturated heterocycles. The van der Waals surface area contributed by atoms with Crippen molar-refractivity contribution in [1.29, 1.82) is 0 Å². The van der Waals surface area contributed by atoms with Gasteiger partial charge in [-0.15, -0.1) is 0 Å². The Hall–Kier alpha value is -1.99. The van der Waals surface area contributed by atoms with Gasteiger partial charge in [0.2, 0.25) is 0 Å². The molecule has 2 rings (SSSR count). The number of hydrogen-bond donors (Lipinski definition) is 1. The second-order valence-corrected chi connectivity index (χ2v) is 7.05. The molecule has 0 radical (unpaired) electrons. The molecule has 142 valence electrons. The lowest BCUT2D eigenvalue weighted by Gasteiger charge is -2.26. The zero-order valence-electron chi connectivity index (χ0n) is 15.4. The molecule has 2 aromatic rings. The van der Waals surface area contributed by atoms with Gasteiger partial charge in [-0.1, -0.05) is 23.2 Å². The molecule has 0 unspecified atom stereocenters. The zero-order chi connectivity index (χ0) is 19.6. The van der Waals surface area contributed by atoms with E-state index in [1.165, 1.54) is 15.3 Å². The number of esters is 1. The third kappa shape index (κ3) is 3.88. The number of aryl methyl sites for hydroxylation is 1. The number of aromatic nitrogens is 3. The van der Waals surface area contributed by atoms with Crippen LogP contribution < -0.4 is 11.0 Å². The lowest BCUT2D eigenvalue weighted by atomic mass is 10.1. The number of hydrogen-bond acceptors (Lipinski definition) is 5. The molecular formula is C17H22Cl2N4O3. The van der Waals surface area contributed by atoms with Gasteiger partial charge in [-0.25, -0.2) is 9.59 Å². The molecule has 0 fully saturated rings. The summed E-state index contributed by atoms with van der Waals surface area (Å²) in [7, 11) is 0. The fourth-order valence-corrected chi connectivity index (χ4v) is 3.02. The van der Waals surface area contributed by atoms with Crippen LogP contribution >= 0.6 is 23.2 Å². The molecule has 0 amide bonds.